The van der Waals surface area contributed by atoms with Crippen LogP contribution in [0.5, 0.6) is 5.88 Å². The summed E-state index contributed by atoms with van der Waals surface area (Å²) < 4.78 is 43.5. The molecule has 0 radical (unpaired) electrons. The van der Waals surface area contributed by atoms with Crippen LogP contribution >= 0.6 is 11.3 Å². The minimum atomic E-state index is -4.43. The summed E-state index contributed by atoms with van der Waals surface area (Å²) in [6.45, 7) is 0.852. The lowest BCUT2D eigenvalue weighted by atomic mass is 10.2. The molecule has 1 amide bonds. The van der Waals surface area contributed by atoms with Crippen molar-refractivity contribution >= 4 is 17.2 Å². The molecule has 2 aromatic heterocycles. The van der Waals surface area contributed by atoms with Crippen molar-refractivity contribution < 1.29 is 22.7 Å². The Kier molecular flexibility index (Phi) is 4.25. The fourth-order valence-electron chi connectivity index (χ4n) is 2.40. The second-order valence-electron chi connectivity index (χ2n) is 5.17. The fourth-order valence-corrected chi connectivity index (χ4v) is 3.03. The number of pyridine rings is 1. The van der Waals surface area contributed by atoms with E-state index in [1.54, 1.807) is 16.3 Å². The third-order valence-corrected chi connectivity index (χ3v) is 4.23. The first-order valence-electron chi connectivity index (χ1n) is 6.95. The summed E-state index contributed by atoms with van der Waals surface area (Å²) >= 11 is 1.44. The lowest BCUT2D eigenvalue weighted by Gasteiger charge is -2.16. The molecule has 4 nitrogen and oxygen atoms in total. The van der Waals surface area contributed by atoms with Gasteiger partial charge < -0.3 is 9.64 Å². The largest absolute Gasteiger partial charge is 0.472 e. The molecule has 1 aliphatic rings. The van der Waals surface area contributed by atoms with E-state index in [-0.39, 0.29) is 17.9 Å². The van der Waals surface area contributed by atoms with E-state index < -0.39 is 11.7 Å². The Morgan fingerprint density at radius 1 is 1.39 bits per heavy atom. The molecule has 3 rings (SSSR count). The molecule has 1 saturated heterocycles. The molecule has 0 N–H and O–H groups in total. The third-order valence-electron chi connectivity index (χ3n) is 3.55. The lowest BCUT2D eigenvalue weighted by molar-refractivity contribution is -0.137. The Balaban J connectivity index is 1.63. The molecule has 0 aliphatic carbocycles. The van der Waals surface area contributed by atoms with Gasteiger partial charge in [0.15, 0.2) is 0 Å². The maximum atomic E-state index is 12.7. The SMILES string of the molecule is O=C(c1ccsc1)N1CCC(Oc2cc(C(F)(F)F)ccn2)C1. The van der Waals surface area contributed by atoms with Crippen LogP contribution in [0.15, 0.2) is 35.2 Å². The van der Waals surface area contributed by atoms with Gasteiger partial charge in [0.2, 0.25) is 5.88 Å². The molecule has 3 heterocycles. The quantitative estimate of drug-likeness (QED) is 0.858. The molecule has 1 fully saturated rings. The molecule has 0 saturated carbocycles. The van der Waals surface area contributed by atoms with Gasteiger partial charge in [-0.1, -0.05) is 0 Å². The highest BCUT2D eigenvalue weighted by atomic mass is 32.1. The highest BCUT2D eigenvalue weighted by Crippen LogP contribution is 2.31. The molecule has 0 bridgehead atoms. The number of thiophene rings is 1. The zero-order valence-corrected chi connectivity index (χ0v) is 12.7. The Bertz CT molecular complexity index is 688. The van der Waals surface area contributed by atoms with Crippen LogP contribution in [0.25, 0.3) is 0 Å². The number of likely N-dealkylation sites (tertiary alicyclic amines) is 1. The molecule has 1 atom stereocenters. The number of nitrogens with zero attached hydrogens (tertiary/aromatic N) is 2. The summed E-state index contributed by atoms with van der Waals surface area (Å²) in [4.78, 5) is 17.7. The Labute approximate surface area is 134 Å². The van der Waals surface area contributed by atoms with Crippen LogP contribution < -0.4 is 4.74 Å². The van der Waals surface area contributed by atoms with Crippen LogP contribution in [0.4, 0.5) is 13.2 Å². The summed E-state index contributed by atoms with van der Waals surface area (Å²) in [5, 5.41) is 3.59. The van der Waals surface area contributed by atoms with Crippen LogP contribution in [0.1, 0.15) is 22.3 Å². The van der Waals surface area contributed by atoms with E-state index in [4.69, 9.17) is 4.74 Å². The van der Waals surface area contributed by atoms with Crippen LogP contribution in [0.2, 0.25) is 0 Å². The van der Waals surface area contributed by atoms with Crippen LogP contribution in [-0.4, -0.2) is 35.0 Å². The van der Waals surface area contributed by atoms with E-state index in [1.165, 1.54) is 11.3 Å². The maximum Gasteiger partial charge on any atom is 0.416 e. The van der Waals surface area contributed by atoms with E-state index in [0.29, 0.717) is 25.1 Å². The second-order valence-corrected chi connectivity index (χ2v) is 5.95. The van der Waals surface area contributed by atoms with Gasteiger partial charge in [-0.25, -0.2) is 4.98 Å². The van der Waals surface area contributed by atoms with Crippen molar-refractivity contribution in [2.75, 3.05) is 13.1 Å². The molecule has 1 unspecified atom stereocenters. The average molecular weight is 342 g/mol. The predicted octanol–water partition coefficient (Wildman–Crippen LogP) is 3.46. The van der Waals surface area contributed by atoms with Gasteiger partial charge in [0.1, 0.15) is 6.10 Å². The van der Waals surface area contributed by atoms with E-state index in [1.807, 2.05) is 5.38 Å². The van der Waals surface area contributed by atoms with Gasteiger partial charge in [-0.05, 0) is 17.5 Å². The van der Waals surface area contributed by atoms with E-state index >= 15 is 0 Å². The van der Waals surface area contributed by atoms with Crippen molar-refractivity contribution in [2.24, 2.45) is 0 Å². The van der Waals surface area contributed by atoms with Gasteiger partial charge in [-0.15, -0.1) is 0 Å². The van der Waals surface area contributed by atoms with Gasteiger partial charge in [0.05, 0.1) is 17.7 Å². The number of rotatable bonds is 3. The van der Waals surface area contributed by atoms with E-state index in [2.05, 4.69) is 4.98 Å². The van der Waals surface area contributed by atoms with Crippen molar-refractivity contribution in [2.45, 2.75) is 18.7 Å². The normalized spacial score (nSPS) is 18.2. The summed E-state index contributed by atoms with van der Waals surface area (Å²) in [5.74, 6) is -0.163. The Hall–Kier alpha value is -2.09. The predicted molar refractivity (Wildman–Crippen MR) is 78.5 cm³/mol. The molecule has 23 heavy (non-hydrogen) atoms. The smallest absolute Gasteiger partial charge is 0.416 e. The molecular weight excluding hydrogens is 329 g/mol. The minimum absolute atomic E-state index is 0.0744. The average Bonchev–Trinajstić information content (AvgIpc) is 3.17. The van der Waals surface area contributed by atoms with Gasteiger partial charge in [0.25, 0.3) is 5.91 Å². The number of hydrogen-bond donors (Lipinski definition) is 0. The number of halogens is 3. The second kappa shape index (κ2) is 6.19. The standard InChI is InChI=1S/C15H13F3N2O2S/c16-15(17,18)11-1-4-19-13(7-11)22-12-2-5-20(8-12)14(21)10-3-6-23-9-10/h1,3-4,6-7,9,12H,2,5,8H2. The zero-order chi connectivity index (χ0) is 16.4. The van der Waals surface area contributed by atoms with Crippen LogP contribution in [0, 0.1) is 0 Å². The fraction of sp³-hybridized carbons (Fsp3) is 0.333. The summed E-state index contributed by atoms with van der Waals surface area (Å²) in [5.41, 5.74) is -0.181. The van der Waals surface area contributed by atoms with Crippen LogP contribution in [0.3, 0.4) is 0 Å². The molecule has 1 aliphatic heterocycles. The van der Waals surface area contributed by atoms with E-state index in [0.717, 1.165) is 18.3 Å². The summed E-state index contributed by atoms with van der Waals surface area (Å²) in [7, 11) is 0. The number of alkyl halides is 3. The van der Waals surface area contributed by atoms with Gasteiger partial charge >= 0.3 is 6.18 Å². The lowest BCUT2D eigenvalue weighted by Crippen LogP contribution is -2.30. The van der Waals surface area contributed by atoms with Gasteiger partial charge in [0, 0.05) is 30.6 Å². The van der Waals surface area contributed by atoms with Crippen molar-refractivity contribution in [1.82, 2.24) is 9.88 Å². The molecule has 0 aromatic carbocycles. The zero-order valence-electron chi connectivity index (χ0n) is 11.9. The first-order valence-corrected chi connectivity index (χ1v) is 7.89. The molecule has 122 valence electrons. The topological polar surface area (TPSA) is 42.4 Å². The number of carbonyl (C=O) groups is 1. The van der Waals surface area contributed by atoms with Crippen molar-refractivity contribution in [3.05, 3.63) is 46.3 Å². The number of amides is 1. The number of carbonyl (C=O) groups excluding carboxylic acids is 1. The Morgan fingerprint density at radius 2 is 2.22 bits per heavy atom. The van der Waals surface area contributed by atoms with Crippen molar-refractivity contribution in [1.29, 1.82) is 0 Å². The Morgan fingerprint density at radius 3 is 2.91 bits per heavy atom. The van der Waals surface area contributed by atoms with Crippen molar-refractivity contribution in [3.8, 4) is 5.88 Å². The molecule has 8 heteroatoms. The van der Waals surface area contributed by atoms with Crippen LogP contribution in [-0.2, 0) is 6.18 Å². The first kappa shape index (κ1) is 15.8. The van der Waals surface area contributed by atoms with Crippen molar-refractivity contribution in [3.63, 3.8) is 0 Å². The van der Waals surface area contributed by atoms with E-state index in [9.17, 15) is 18.0 Å². The third kappa shape index (κ3) is 3.64. The maximum absolute atomic E-state index is 12.7. The molecule has 2 aromatic rings. The number of hydrogen-bond acceptors (Lipinski definition) is 4. The molecule has 0 spiro atoms. The van der Waals surface area contributed by atoms with Gasteiger partial charge in [-0.2, -0.15) is 24.5 Å². The minimum Gasteiger partial charge on any atom is -0.472 e. The number of aromatic nitrogens is 1. The van der Waals surface area contributed by atoms with Gasteiger partial charge in [-0.3, -0.25) is 4.79 Å². The highest BCUT2D eigenvalue weighted by molar-refractivity contribution is 7.08. The monoisotopic (exact) mass is 342 g/mol. The summed E-state index contributed by atoms with van der Waals surface area (Å²) in [6.07, 6.45) is -3.15. The first-order chi connectivity index (χ1) is 10.9. The summed E-state index contributed by atoms with van der Waals surface area (Å²) in [6, 6.07) is 3.52. The molecular formula is C15H13F3N2O2S. The number of ether oxygens (including phenoxy) is 1. The highest BCUT2D eigenvalue weighted by Gasteiger charge is 2.32.